The number of rotatable bonds is 11. The monoisotopic (exact) mass is 318 g/mol. The van der Waals surface area contributed by atoms with Crippen molar-refractivity contribution in [1.82, 2.24) is 10.6 Å². The Hall–Kier alpha value is -2.00. The van der Waals surface area contributed by atoms with Gasteiger partial charge < -0.3 is 30.4 Å². The van der Waals surface area contributed by atoms with Gasteiger partial charge in [0.25, 0.3) is 0 Å². The van der Waals surface area contributed by atoms with Gasteiger partial charge >= 0.3 is 11.9 Å². The minimum atomic E-state index is -1.27. The van der Waals surface area contributed by atoms with Crippen molar-refractivity contribution >= 4 is 24.1 Å². The molecule has 2 atom stereocenters. The van der Waals surface area contributed by atoms with Crippen molar-refractivity contribution in [2.75, 3.05) is 20.8 Å². The van der Waals surface area contributed by atoms with Crippen LogP contribution in [-0.2, 0) is 23.9 Å². The second-order valence-electron chi connectivity index (χ2n) is 4.76. The maximum atomic E-state index is 11.8. The lowest BCUT2D eigenvalue weighted by Crippen LogP contribution is -2.49. The first-order valence-corrected chi connectivity index (χ1v) is 6.69. The first-order valence-electron chi connectivity index (χ1n) is 6.69. The molecule has 4 N–H and O–H groups in total. The van der Waals surface area contributed by atoms with E-state index in [0.717, 1.165) is 0 Å². The normalized spacial score (nSPS) is 14.5. The quantitative estimate of drug-likeness (QED) is 0.265. The minimum Gasteiger partial charge on any atom is -0.480 e. The van der Waals surface area contributed by atoms with E-state index in [2.05, 4.69) is 15.4 Å². The van der Waals surface area contributed by atoms with Gasteiger partial charge in [-0.2, -0.15) is 0 Å². The summed E-state index contributed by atoms with van der Waals surface area (Å²) in [5.41, 5.74) is -1.23. The van der Waals surface area contributed by atoms with Crippen molar-refractivity contribution in [1.29, 1.82) is 0 Å². The van der Waals surface area contributed by atoms with Crippen molar-refractivity contribution in [3.8, 4) is 0 Å². The van der Waals surface area contributed by atoms with E-state index in [1.165, 1.54) is 14.2 Å². The summed E-state index contributed by atoms with van der Waals surface area (Å²) in [4.78, 5) is 44.7. The third-order valence-corrected chi connectivity index (χ3v) is 3.30. The van der Waals surface area contributed by atoms with Crippen LogP contribution in [0.1, 0.15) is 25.7 Å². The number of hydrogen-bond acceptors (Lipinski definition) is 7. The van der Waals surface area contributed by atoms with Gasteiger partial charge in [0.2, 0.25) is 5.91 Å². The molecule has 0 aliphatic carbocycles. The van der Waals surface area contributed by atoms with Crippen LogP contribution in [0.15, 0.2) is 0 Å². The summed E-state index contributed by atoms with van der Waals surface area (Å²) in [5, 5.41) is 23.0. The zero-order chi connectivity index (χ0) is 17.2. The van der Waals surface area contributed by atoms with E-state index in [1.807, 2.05) is 0 Å². The van der Waals surface area contributed by atoms with Crippen molar-refractivity contribution in [2.24, 2.45) is 0 Å². The summed E-state index contributed by atoms with van der Waals surface area (Å²) >= 11 is 0. The number of aliphatic hydroxyl groups excluding tert-OH is 1. The summed E-state index contributed by atoms with van der Waals surface area (Å²) in [6, 6.07) is -1.22. The number of nitrogens with one attached hydrogen (secondary N) is 2. The number of carbonyl (C=O) groups is 4. The largest absolute Gasteiger partial charge is 0.480 e. The molecular formula is C13H22N2O7. The Bertz CT molecular complexity index is 407. The first-order chi connectivity index (χ1) is 10.3. The lowest BCUT2D eigenvalue weighted by atomic mass is 9.96. The number of hydrogen-bond donors (Lipinski definition) is 4. The fourth-order valence-corrected chi connectivity index (χ4v) is 1.66. The average molecular weight is 318 g/mol. The second-order valence-corrected chi connectivity index (χ2v) is 4.76. The number of esters is 1. The highest BCUT2D eigenvalue weighted by molar-refractivity contribution is 5.84. The van der Waals surface area contributed by atoms with E-state index in [-0.39, 0.29) is 25.7 Å². The Morgan fingerprint density at radius 1 is 1.32 bits per heavy atom. The molecule has 0 spiro atoms. The lowest BCUT2D eigenvalue weighted by molar-refractivity contribution is -0.144. The van der Waals surface area contributed by atoms with E-state index in [1.54, 1.807) is 0 Å². The van der Waals surface area contributed by atoms with Gasteiger partial charge in [-0.1, -0.05) is 0 Å². The zero-order valence-electron chi connectivity index (χ0n) is 12.6. The Morgan fingerprint density at radius 2 is 1.95 bits per heavy atom. The fourth-order valence-electron chi connectivity index (χ4n) is 1.66. The van der Waals surface area contributed by atoms with Gasteiger partial charge in [0.1, 0.15) is 12.3 Å². The molecular weight excluding hydrogens is 296 g/mol. The highest BCUT2D eigenvalue weighted by Crippen LogP contribution is 2.09. The number of carbonyl (C=O) groups excluding carboxylic acids is 3. The maximum absolute atomic E-state index is 11.8. The van der Waals surface area contributed by atoms with E-state index < -0.39 is 36.0 Å². The smallest absolute Gasteiger partial charge is 0.326 e. The SMILES string of the molecule is CN[C@@](C=O)(CO)CCC(=O)N[C@@H](CCC(=O)OC)C(=O)O. The maximum Gasteiger partial charge on any atom is 0.326 e. The molecule has 0 heterocycles. The summed E-state index contributed by atoms with van der Waals surface area (Å²) in [7, 11) is 2.65. The second kappa shape index (κ2) is 9.85. The average Bonchev–Trinajstić information content (AvgIpc) is 2.52. The third-order valence-electron chi connectivity index (χ3n) is 3.30. The molecule has 0 fully saturated rings. The number of likely N-dealkylation sites (N-methyl/N-ethyl adjacent to an activating group) is 1. The van der Waals surface area contributed by atoms with Crippen LogP contribution in [0.4, 0.5) is 0 Å². The predicted molar refractivity (Wildman–Crippen MR) is 75.0 cm³/mol. The van der Waals surface area contributed by atoms with Crippen LogP contribution in [0.3, 0.4) is 0 Å². The Kier molecular flexibility index (Phi) is 8.95. The molecule has 0 aliphatic heterocycles. The summed E-state index contributed by atoms with van der Waals surface area (Å²) in [6.45, 7) is -0.481. The molecule has 9 nitrogen and oxygen atoms in total. The van der Waals surface area contributed by atoms with Gasteiger partial charge in [0.05, 0.1) is 19.3 Å². The van der Waals surface area contributed by atoms with Gasteiger partial charge in [-0.3, -0.25) is 9.59 Å². The van der Waals surface area contributed by atoms with Crippen LogP contribution in [0.5, 0.6) is 0 Å². The van der Waals surface area contributed by atoms with Crippen molar-refractivity contribution < 1.29 is 34.1 Å². The molecule has 0 rings (SSSR count). The molecule has 0 aromatic heterocycles. The molecule has 0 aromatic carbocycles. The van der Waals surface area contributed by atoms with Crippen LogP contribution in [-0.4, -0.2) is 66.7 Å². The van der Waals surface area contributed by atoms with Gasteiger partial charge in [0.15, 0.2) is 0 Å². The molecule has 126 valence electrons. The van der Waals surface area contributed by atoms with Crippen LogP contribution in [0.2, 0.25) is 0 Å². The van der Waals surface area contributed by atoms with E-state index in [4.69, 9.17) is 10.2 Å². The van der Waals surface area contributed by atoms with Crippen molar-refractivity contribution in [3.05, 3.63) is 0 Å². The highest BCUT2D eigenvalue weighted by Gasteiger charge is 2.28. The number of methoxy groups -OCH3 is 1. The Balaban J connectivity index is 4.49. The molecule has 22 heavy (non-hydrogen) atoms. The number of carboxylic acids is 1. The molecule has 0 saturated carbocycles. The number of carboxylic acid groups (broad SMARTS) is 1. The predicted octanol–water partition coefficient (Wildman–Crippen LogP) is -1.56. The Morgan fingerprint density at radius 3 is 2.36 bits per heavy atom. The summed E-state index contributed by atoms with van der Waals surface area (Å²) in [6.07, 6.45) is 0.130. The van der Waals surface area contributed by atoms with Gasteiger partial charge in [-0.25, -0.2) is 4.79 Å². The zero-order valence-corrected chi connectivity index (χ0v) is 12.6. The molecule has 0 aliphatic rings. The van der Waals surface area contributed by atoms with Gasteiger partial charge in [0, 0.05) is 12.8 Å². The molecule has 1 amide bonds. The van der Waals surface area contributed by atoms with Gasteiger partial charge in [-0.15, -0.1) is 0 Å². The topological polar surface area (TPSA) is 142 Å². The number of aldehydes is 1. The molecule has 0 bridgehead atoms. The van der Waals surface area contributed by atoms with Crippen LogP contribution < -0.4 is 10.6 Å². The summed E-state index contributed by atoms with van der Waals surface area (Å²) in [5.74, 6) is -2.43. The van der Waals surface area contributed by atoms with E-state index >= 15 is 0 Å². The molecule has 0 unspecified atom stereocenters. The number of amides is 1. The number of ether oxygens (including phenoxy) is 1. The lowest BCUT2D eigenvalue weighted by Gasteiger charge is -2.25. The summed E-state index contributed by atoms with van der Waals surface area (Å²) < 4.78 is 4.40. The van der Waals surface area contributed by atoms with Crippen LogP contribution >= 0.6 is 0 Å². The molecule has 0 radical (unpaired) electrons. The highest BCUT2D eigenvalue weighted by atomic mass is 16.5. The van der Waals surface area contributed by atoms with Crippen molar-refractivity contribution in [2.45, 2.75) is 37.3 Å². The standard InChI is InChI=1S/C13H22N2O7/c1-14-13(7-16,8-17)6-5-10(18)15-9(12(20)21)3-4-11(19)22-2/h7,9,14,17H,3-6,8H2,1-2H3,(H,15,18)(H,20,21)/t9-,13-/m0/s1. The van der Waals surface area contributed by atoms with E-state index in [9.17, 15) is 19.2 Å². The fraction of sp³-hybridized carbons (Fsp3) is 0.692. The van der Waals surface area contributed by atoms with Crippen LogP contribution in [0, 0.1) is 0 Å². The van der Waals surface area contributed by atoms with Gasteiger partial charge in [-0.05, 0) is 19.9 Å². The van der Waals surface area contributed by atoms with Crippen molar-refractivity contribution in [3.63, 3.8) is 0 Å². The minimum absolute atomic E-state index is 0.0126. The molecule has 9 heteroatoms. The van der Waals surface area contributed by atoms with E-state index in [0.29, 0.717) is 6.29 Å². The van der Waals surface area contributed by atoms with Crippen LogP contribution in [0.25, 0.3) is 0 Å². The first kappa shape index (κ1) is 20.0. The number of aliphatic carboxylic acids is 1. The third kappa shape index (κ3) is 6.64. The Labute approximate surface area is 128 Å². The molecule has 0 saturated heterocycles. The number of aliphatic hydroxyl groups is 1. The molecule has 0 aromatic rings.